The van der Waals surface area contributed by atoms with Crippen molar-refractivity contribution in [2.75, 3.05) is 20.2 Å². The van der Waals surface area contributed by atoms with Gasteiger partial charge in [0.25, 0.3) is 0 Å². The van der Waals surface area contributed by atoms with Crippen LogP contribution in [-0.4, -0.2) is 31.1 Å². The van der Waals surface area contributed by atoms with Gasteiger partial charge < -0.3 is 10.5 Å². The van der Waals surface area contributed by atoms with Crippen molar-refractivity contribution in [1.29, 1.82) is 0 Å². The van der Waals surface area contributed by atoms with Crippen LogP contribution < -0.4 is 10.5 Å². The van der Waals surface area contributed by atoms with E-state index in [1.165, 1.54) is 16.3 Å². The summed E-state index contributed by atoms with van der Waals surface area (Å²) in [5, 5.41) is 2.49. The van der Waals surface area contributed by atoms with Crippen LogP contribution in [0.25, 0.3) is 10.8 Å². The van der Waals surface area contributed by atoms with E-state index in [2.05, 4.69) is 42.2 Å². The Morgan fingerprint density at radius 3 is 2.52 bits per heavy atom. The standard InChI is InChI=1S/C17H22N2O.ClH/c1-12-9-19(11-17(12)18)10-13-3-4-15-8-16(20-2)6-5-14(15)7-13;/h3-8,12,17H,9-11,18H2,1-2H3;1H. The van der Waals surface area contributed by atoms with E-state index in [9.17, 15) is 0 Å². The fourth-order valence-electron chi connectivity index (χ4n) is 2.98. The van der Waals surface area contributed by atoms with Crippen LogP contribution in [0.3, 0.4) is 0 Å². The number of benzene rings is 2. The molecule has 1 saturated heterocycles. The second-order valence-electron chi connectivity index (χ2n) is 5.88. The molecule has 21 heavy (non-hydrogen) atoms. The Bertz CT molecular complexity index is 607. The summed E-state index contributed by atoms with van der Waals surface area (Å²) < 4.78 is 5.26. The van der Waals surface area contributed by atoms with Crippen LogP contribution in [0.4, 0.5) is 0 Å². The summed E-state index contributed by atoms with van der Waals surface area (Å²) in [7, 11) is 1.70. The third-order valence-corrected chi connectivity index (χ3v) is 4.26. The normalized spacial score (nSPS) is 22.2. The molecular weight excluding hydrogens is 284 g/mol. The third-order valence-electron chi connectivity index (χ3n) is 4.26. The molecule has 0 aliphatic carbocycles. The number of methoxy groups -OCH3 is 1. The average molecular weight is 307 g/mol. The molecule has 3 nitrogen and oxygen atoms in total. The zero-order valence-corrected chi connectivity index (χ0v) is 13.4. The molecule has 4 heteroatoms. The lowest BCUT2D eigenvalue weighted by molar-refractivity contribution is 0.319. The van der Waals surface area contributed by atoms with Gasteiger partial charge in [-0.1, -0.05) is 25.1 Å². The predicted molar refractivity (Wildman–Crippen MR) is 90.2 cm³/mol. The summed E-state index contributed by atoms with van der Waals surface area (Å²) in [6, 6.07) is 13.2. The van der Waals surface area contributed by atoms with Gasteiger partial charge >= 0.3 is 0 Å². The van der Waals surface area contributed by atoms with Gasteiger partial charge in [0.05, 0.1) is 7.11 Å². The van der Waals surface area contributed by atoms with E-state index in [1.807, 2.05) is 6.07 Å². The summed E-state index contributed by atoms with van der Waals surface area (Å²) >= 11 is 0. The number of hydrogen-bond donors (Lipinski definition) is 1. The van der Waals surface area contributed by atoms with Crippen LogP contribution in [0.15, 0.2) is 36.4 Å². The third kappa shape index (κ3) is 3.49. The topological polar surface area (TPSA) is 38.5 Å². The van der Waals surface area contributed by atoms with Crippen molar-refractivity contribution in [1.82, 2.24) is 4.90 Å². The van der Waals surface area contributed by atoms with Crippen molar-refractivity contribution in [3.8, 4) is 5.75 Å². The van der Waals surface area contributed by atoms with E-state index in [0.717, 1.165) is 25.4 Å². The van der Waals surface area contributed by atoms with Gasteiger partial charge in [-0.15, -0.1) is 12.4 Å². The summed E-state index contributed by atoms with van der Waals surface area (Å²) in [6.45, 7) is 5.32. The monoisotopic (exact) mass is 306 g/mol. The zero-order chi connectivity index (χ0) is 14.1. The predicted octanol–water partition coefficient (Wildman–Crippen LogP) is 3.05. The van der Waals surface area contributed by atoms with Gasteiger partial charge in [-0.05, 0) is 40.5 Å². The smallest absolute Gasteiger partial charge is 0.119 e. The fraction of sp³-hybridized carbons (Fsp3) is 0.412. The van der Waals surface area contributed by atoms with Crippen LogP contribution in [0.5, 0.6) is 5.75 Å². The molecular formula is C17H23ClN2O. The molecule has 1 aliphatic rings. The number of hydrogen-bond acceptors (Lipinski definition) is 3. The van der Waals surface area contributed by atoms with E-state index >= 15 is 0 Å². The van der Waals surface area contributed by atoms with Gasteiger partial charge in [-0.3, -0.25) is 4.90 Å². The molecule has 2 aromatic rings. The summed E-state index contributed by atoms with van der Waals surface area (Å²) in [5.41, 5.74) is 7.44. The molecule has 0 bridgehead atoms. The van der Waals surface area contributed by atoms with Crippen LogP contribution in [0, 0.1) is 5.92 Å². The Kier molecular flexibility index (Phi) is 5.09. The Morgan fingerprint density at radius 1 is 1.14 bits per heavy atom. The van der Waals surface area contributed by atoms with Gasteiger partial charge in [0.15, 0.2) is 0 Å². The zero-order valence-electron chi connectivity index (χ0n) is 12.6. The molecule has 0 saturated carbocycles. The van der Waals surface area contributed by atoms with E-state index in [1.54, 1.807) is 7.11 Å². The molecule has 0 radical (unpaired) electrons. The minimum Gasteiger partial charge on any atom is -0.497 e. The van der Waals surface area contributed by atoms with Gasteiger partial charge in [-0.2, -0.15) is 0 Å². The van der Waals surface area contributed by atoms with Crippen molar-refractivity contribution in [2.45, 2.75) is 19.5 Å². The molecule has 114 valence electrons. The van der Waals surface area contributed by atoms with Crippen molar-refractivity contribution in [3.05, 3.63) is 42.0 Å². The lowest BCUT2D eigenvalue weighted by Crippen LogP contribution is -2.28. The van der Waals surface area contributed by atoms with Crippen molar-refractivity contribution in [2.24, 2.45) is 11.7 Å². The maximum atomic E-state index is 6.09. The lowest BCUT2D eigenvalue weighted by Gasteiger charge is -2.15. The number of fused-ring (bicyclic) bond motifs is 1. The first-order valence-electron chi connectivity index (χ1n) is 7.20. The Morgan fingerprint density at radius 2 is 1.86 bits per heavy atom. The molecule has 2 aromatic carbocycles. The molecule has 1 heterocycles. The lowest BCUT2D eigenvalue weighted by atomic mass is 10.1. The number of likely N-dealkylation sites (tertiary alicyclic amines) is 1. The van der Waals surface area contributed by atoms with E-state index < -0.39 is 0 Å². The number of ether oxygens (including phenoxy) is 1. The van der Waals surface area contributed by atoms with Gasteiger partial charge in [0.2, 0.25) is 0 Å². The highest BCUT2D eigenvalue weighted by atomic mass is 35.5. The van der Waals surface area contributed by atoms with Gasteiger partial charge in [-0.25, -0.2) is 0 Å². The Balaban J connectivity index is 0.00000161. The second-order valence-corrected chi connectivity index (χ2v) is 5.88. The van der Waals surface area contributed by atoms with Crippen LogP contribution >= 0.6 is 12.4 Å². The summed E-state index contributed by atoms with van der Waals surface area (Å²) in [6.07, 6.45) is 0. The maximum absolute atomic E-state index is 6.09. The van der Waals surface area contributed by atoms with Gasteiger partial charge in [0, 0.05) is 25.7 Å². The molecule has 1 fully saturated rings. The highest BCUT2D eigenvalue weighted by Crippen LogP contribution is 2.23. The highest BCUT2D eigenvalue weighted by molar-refractivity contribution is 5.85. The van der Waals surface area contributed by atoms with E-state index in [0.29, 0.717) is 12.0 Å². The number of nitrogens with two attached hydrogens (primary N) is 1. The highest BCUT2D eigenvalue weighted by Gasteiger charge is 2.26. The molecule has 2 N–H and O–H groups in total. The molecule has 0 spiro atoms. The average Bonchev–Trinajstić information content (AvgIpc) is 2.76. The van der Waals surface area contributed by atoms with Crippen LogP contribution in [-0.2, 0) is 6.54 Å². The second kappa shape index (κ2) is 6.65. The Labute approximate surface area is 132 Å². The van der Waals surface area contributed by atoms with E-state index in [4.69, 9.17) is 10.5 Å². The SMILES string of the molecule is COc1ccc2cc(CN3CC(C)C(N)C3)ccc2c1.Cl. The van der Waals surface area contributed by atoms with Crippen molar-refractivity contribution in [3.63, 3.8) is 0 Å². The van der Waals surface area contributed by atoms with Crippen molar-refractivity contribution >= 4 is 23.2 Å². The maximum Gasteiger partial charge on any atom is 0.119 e. The quantitative estimate of drug-likeness (QED) is 0.947. The van der Waals surface area contributed by atoms with Crippen LogP contribution in [0.2, 0.25) is 0 Å². The number of rotatable bonds is 3. The minimum atomic E-state index is 0. The fourth-order valence-corrected chi connectivity index (χ4v) is 2.98. The molecule has 2 atom stereocenters. The molecule has 2 unspecified atom stereocenters. The van der Waals surface area contributed by atoms with E-state index in [-0.39, 0.29) is 12.4 Å². The molecule has 1 aliphatic heterocycles. The van der Waals surface area contributed by atoms with Crippen molar-refractivity contribution < 1.29 is 4.74 Å². The molecule has 0 aromatic heterocycles. The number of nitrogens with zero attached hydrogens (tertiary/aromatic N) is 1. The summed E-state index contributed by atoms with van der Waals surface area (Å²) in [5.74, 6) is 1.50. The molecule has 3 rings (SSSR count). The Hall–Kier alpha value is -1.29. The minimum absolute atomic E-state index is 0. The van der Waals surface area contributed by atoms with Crippen LogP contribution in [0.1, 0.15) is 12.5 Å². The largest absolute Gasteiger partial charge is 0.497 e. The number of halogens is 1. The first-order valence-corrected chi connectivity index (χ1v) is 7.20. The summed E-state index contributed by atoms with van der Waals surface area (Å²) in [4.78, 5) is 2.44. The molecule has 0 amide bonds. The van der Waals surface area contributed by atoms with Gasteiger partial charge in [0.1, 0.15) is 5.75 Å². The first kappa shape index (κ1) is 16.1. The first-order chi connectivity index (χ1) is 9.65.